The van der Waals surface area contributed by atoms with Gasteiger partial charge in [0.15, 0.2) is 0 Å². The van der Waals surface area contributed by atoms with Crippen LogP contribution < -0.4 is 0 Å². The number of aromatic amines is 1. The summed E-state index contributed by atoms with van der Waals surface area (Å²) in [5.41, 5.74) is 2.09. The third-order valence-electron chi connectivity index (χ3n) is 2.26. The Morgan fingerprint density at radius 2 is 2.15 bits per heavy atom. The highest BCUT2D eigenvalue weighted by molar-refractivity contribution is 5.86. The fourth-order valence-electron chi connectivity index (χ4n) is 1.52. The standard InChI is InChI=1S/C11H10NO/c1-8(7-13)10-6-12-11-5-3-2-4-9(10)11/h2-6,8,12H,1H3. The normalized spacial score (nSPS) is 13.0. The number of H-pyrrole nitrogens is 1. The number of fused-ring (bicyclic) bond motifs is 1. The van der Waals surface area contributed by atoms with Gasteiger partial charge in [0.05, 0.1) is 0 Å². The van der Waals surface area contributed by atoms with E-state index in [2.05, 4.69) is 4.98 Å². The summed E-state index contributed by atoms with van der Waals surface area (Å²) < 4.78 is 0. The molecule has 2 heteroatoms. The zero-order chi connectivity index (χ0) is 9.26. The fraction of sp³-hybridized carbons (Fsp3) is 0.182. The molecule has 1 N–H and O–H groups in total. The molecule has 2 rings (SSSR count). The van der Waals surface area contributed by atoms with Crippen LogP contribution in [-0.2, 0) is 4.79 Å². The smallest absolute Gasteiger partial charge is 0.206 e. The highest BCUT2D eigenvalue weighted by Crippen LogP contribution is 2.23. The van der Waals surface area contributed by atoms with Crippen molar-refractivity contribution >= 4 is 17.2 Å². The molecule has 0 bridgehead atoms. The van der Waals surface area contributed by atoms with Crippen molar-refractivity contribution in [3.63, 3.8) is 0 Å². The Labute approximate surface area is 76.6 Å². The van der Waals surface area contributed by atoms with Gasteiger partial charge in [0.2, 0.25) is 6.29 Å². The van der Waals surface area contributed by atoms with E-state index in [4.69, 9.17) is 0 Å². The first kappa shape index (κ1) is 8.05. The lowest BCUT2D eigenvalue weighted by atomic mass is 10.0. The van der Waals surface area contributed by atoms with E-state index in [1.54, 1.807) is 0 Å². The third-order valence-corrected chi connectivity index (χ3v) is 2.26. The van der Waals surface area contributed by atoms with Crippen molar-refractivity contribution < 1.29 is 4.79 Å². The monoisotopic (exact) mass is 172 g/mol. The summed E-state index contributed by atoms with van der Waals surface area (Å²) in [6.07, 6.45) is 3.86. The van der Waals surface area contributed by atoms with E-state index >= 15 is 0 Å². The molecule has 2 nitrogen and oxygen atoms in total. The number of benzene rings is 1. The second-order valence-corrected chi connectivity index (χ2v) is 3.13. The van der Waals surface area contributed by atoms with Crippen molar-refractivity contribution in [3.8, 4) is 0 Å². The highest BCUT2D eigenvalue weighted by Gasteiger charge is 2.09. The first-order chi connectivity index (χ1) is 6.33. The number of hydrogen-bond acceptors (Lipinski definition) is 1. The second-order valence-electron chi connectivity index (χ2n) is 3.13. The molecule has 1 aromatic carbocycles. The third kappa shape index (κ3) is 1.24. The Bertz CT molecular complexity index is 430. The molecule has 0 fully saturated rings. The van der Waals surface area contributed by atoms with Gasteiger partial charge in [0.1, 0.15) is 0 Å². The van der Waals surface area contributed by atoms with Crippen molar-refractivity contribution in [1.29, 1.82) is 0 Å². The van der Waals surface area contributed by atoms with Gasteiger partial charge in [-0.2, -0.15) is 0 Å². The number of aromatic nitrogens is 1. The van der Waals surface area contributed by atoms with Gasteiger partial charge in [0.25, 0.3) is 0 Å². The predicted octanol–water partition coefficient (Wildman–Crippen LogP) is 2.38. The van der Waals surface area contributed by atoms with Crippen molar-refractivity contribution in [2.45, 2.75) is 12.8 Å². The minimum atomic E-state index is -0.156. The zero-order valence-electron chi connectivity index (χ0n) is 7.37. The maximum absolute atomic E-state index is 10.5. The van der Waals surface area contributed by atoms with Crippen LogP contribution >= 0.6 is 0 Å². The van der Waals surface area contributed by atoms with Gasteiger partial charge in [-0.3, -0.25) is 4.79 Å². The lowest BCUT2D eigenvalue weighted by Crippen LogP contribution is -1.91. The number of para-hydroxylation sites is 1. The summed E-state index contributed by atoms with van der Waals surface area (Å²) >= 11 is 0. The van der Waals surface area contributed by atoms with Gasteiger partial charge in [0, 0.05) is 23.0 Å². The van der Waals surface area contributed by atoms with Gasteiger partial charge in [-0.1, -0.05) is 25.1 Å². The van der Waals surface area contributed by atoms with Crippen LogP contribution in [0.2, 0.25) is 0 Å². The molecule has 1 aromatic heterocycles. The molecule has 0 spiro atoms. The summed E-state index contributed by atoms with van der Waals surface area (Å²) in [4.78, 5) is 13.6. The largest absolute Gasteiger partial charge is 0.361 e. The molecule has 1 heterocycles. The zero-order valence-corrected chi connectivity index (χ0v) is 7.37. The maximum Gasteiger partial charge on any atom is 0.206 e. The Hall–Kier alpha value is -1.57. The predicted molar refractivity (Wildman–Crippen MR) is 52.4 cm³/mol. The Morgan fingerprint density at radius 3 is 2.92 bits per heavy atom. The van der Waals surface area contributed by atoms with Crippen molar-refractivity contribution in [2.24, 2.45) is 0 Å². The average Bonchev–Trinajstić information content (AvgIpc) is 2.60. The summed E-state index contributed by atoms with van der Waals surface area (Å²) in [6, 6.07) is 7.94. The van der Waals surface area contributed by atoms with Crippen LogP contribution in [0.3, 0.4) is 0 Å². The van der Waals surface area contributed by atoms with Crippen LogP contribution in [0, 0.1) is 0 Å². The molecule has 13 heavy (non-hydrogen) atoms. The molecule has 0 aliphatic rings. The van der Waals surface area contributed by atoms with Gasteiger partial charge >= 0.3 is 0 Å². The number of nitrogens with one attached hydrogen (secondary N) is 1. The van der Waals surface area contributed by atoms with Crippen LogP contribution in [-0.4, -0.2) is 11.3 Å². The summed E-state index contributed by atoms with van der Waals surface area (Å²) in [5.74, 6) is -0.156. The first-order valence-corrected chi connectivity index (χ1v) is 4.26. The molecular weight excluding hydrogens is 162 g/mol. The molecule has 0 amide bonds. The van der Waals surface area contributed by atoms with Crippen LogP contribution in [0.5, 0.6) is 0 Å². The van der Waals surface area contributed by atoms with E-state index in [1.807, 2.05) is 43.7 Å². The van der Waals surface area contributed by atoms with E-state index in [-0.39, 0.29) is 5.92 Å². The van der Waals surface area contributed by atoms with Crippen molar-refractivity contribution in [1.82, 2.24) is 4.98 Å². The Balaban J connectivity index is 2.64. The molecule has 0 aliphatic carbocycles. The molecule has 2 aromatic rings. The van der Waals surface area contributed by atoms with E-state index in [0.29, 0.717) is 0 Å². The van der Waals surface area contributed by atoms with Crippen LogP contribution in [0.25, 0.3) is 10.9 Å². The minimum Gasteiger partial charge on any atom is -0.361 e. The molecule has 0 saturated heterocycles. The minimum absolute atomic E-state index is 0.156. The van der Waals surface area contributed by atoms with Gasteiger partial charge < -0.3 is 4.98 Å². The Kier molecular flexibility index (Phi) is 1.89. The molecule has 0 saturated carbocycles. The van der Waals surface area contributed by atoms with Crippen LogP contribution in [0.4, 0.5) is 0 Å². The maximum atomic E-state index is 10.5. The molecule has 65 valence electrons. The second kappa shape index (κ2) is 3.05. The molecule has 1 atom stereocenters. The topological polar surface area (TPSA) is 32.9 Å². The van der Waals surface area contributed by atoms with Crippen molar-refractivity contribution in [3.05, 3.63) is 36.0 Å². The average molecular weight is 172 g/mol. The Morgan fingerprint density at radius 1 is 1.38 bits per heavy atom. The van der Waals surface area contributed by atoms with E-state index in [9.17, 15) is 4.79 Å². The lowest BCUT2D eigenvalue weighted by Gasteiger charge is -1.98. The fourth-order valence-corrected chi connectivity index (χ4v) is 1.52. The molecule has 1 radical (unpaired) electrons. The molecule has 0 aliphatic heterocycles. The highest BCUT2D eigenvalue weighted by atomic mass is 16.1. The van der Waals surface area contributed by atoms with Gasteiger partial charge in [-0.05, 0) is 11.6 Å². The molecule has 1 unspecified atom stereocenters. The van der Waals surface area contributed by atoms with E-state index in [1.165, 1.54) is 0 Å². The lowest BCUT2D eigenvalue weighted by molar-refractivity contribution is 0.547. The SMILES string of the molecule is CC([C]=O)c1c[nH]c2ccccc12. The van der Waals surface area contributed by atoms with E-state index in [0.717, 1.165) is 16.5 Å². The summed E-state index contributed by atoms with van der Waals surface area (Å²) in [5, 5.41) is 1.11. The summed E-state index contributed by atoms with van der Waals surface area (Å²) in [7, 11) is 0. The van der Waals surface area contributed by atoms with E-state index < -0.39 is 0 Å². The van der Waals surface area contributed by atoms with Crippen LogP contribution in [0.1, 0.15) is 18.4 Å². The number of rotatable bonds is 2. The van der Waals surface area contributed by atoms with Gasteiger partial charge in [-0.15, -0.1) is 0 Å². The van der Waals surface area contributed by atoms with Gasteiger partial charge in [-0.25, -0.2) is 0 Å². The van der Waals surface area contributed by atoms with Crippen LogP contribution in [0.15, 0.2) is 30.5 Å². The number of hydrogen-bond donors (Lipinski definition) is 1. The first-order valence-electron chi connectivity index (χ1n) is 4.26. The number of carbonyl (C=O) groups excluding carboxylic acids is 1. The molecular formula is C11H10NO. The summed E-state index contributed by atoms with van der Waals surface area (Å²) in [6.45, 7) is 1.85. The quantitative estimate of drug-likeness (QED) is 0.741. The van der Waals surface area contributed by atoms with Crippen molar-refractivity contribution in [2.75, 3.05) is 0 Å².